The van der Waals surface area contributed by atoms with E-state index in [9.17, 15) is 18.0 Å². The van der Waals surface area contributed by atoms with Gasteiger partial charge in [0.15, 0.2) is 0 Å². The van der Waals surface area contributed by atoms with Gasteiger partial charge in [0.2, 0.25) is 10.0 Å². The lowest BCUT2D eigenvalue weighted by molar-refractivity contribution is 0.579. The Morgan fingerprint density at radius 2 is 1.44 bits per heavy atom. The number of hydrogen-bond donors (Lipinski definition) is 1. The van der Waals surface area contributed by atoms with E-state index in [0.29, 0.717) is 18.5 Å². The minimum absolute atomic E-state index is 0.00351. The van der Waals surface area contributed by atoms with Crippen LogP contribution in [0.3, 0.4) is 0 Å². The van der Waals surface area contributed by atoms with Crippen molar-refractivity contribution in [2.24, 2.45) is 14.1 Å². The van der Waals surface area contributed by atoms with Crippen molar-refractivity contribution in [3.05, 3.63) is 98.7 Å². The number of rotatable bonds is 6. The molecule has 0 aliphatic carbocycles. The smallest absolute Gasteiger partial charge is 0.330 e. The number of aromatic nitrogens is 2. The van der Waals surface area contributed by atoms with E-state index < -0.39 is 21.3 Å². The van der Waals surface area contributed by atoms with Crippen molar-refractivity contribution in [3.63, 3.8) is 0 Å². The molecule has 3 aromatic carbocycles. The Morgan fingerprint density at radius 3 is 2.08 bits per heavy atom. The summed E-state index contributed by atoms with van der Waals surface area (Å²) in [6.07, 6.45) is 2.51. The lowest BCUT2D eigenvalue weighted by atomic mass is 10.0. The molecular weight excluding hydrogens is 476 g/mol. The molecule has 0 amide bonds. The van der Waals surface area contributed by atoms with Gasteiger partial charge in [-0.25, -0.2) is 17.9 Å². The minimum atomic E-state index is -3.84. The van der Waals surface area contributed by atoms with Crippen LogP contribution in [0.4, 0.5) is 11.4 Å². The zero-order chi connectivity index (χ0) is 25.4. The van der Waals surface area contributed by atoms with Gasteiger partial charge in [0, 0.05) is 38.6 Å². The highest BCUT2D eigenvalue weighted by atomic mass is 32.2. The van der Waals surface area contributed by atoms with Crippen molar-refractivity contribution in [2.75, 3.05) is 18.0 Å². The van der Waals surface area contributed by atoms with E-state index >= 15 is 0 Å². The summed E-state index contributed by atoms with van der Waals surface area (Å²) in [5.74, 6) is 0. The molecule has 186 valence electrons. The normalized spacial score (nSPS) is 13.3. The lowest BCUT2D eigenvalue weighted by Gasteiger charge is -2.27. The maximum absolute atomic E-state index is 13.0. The molecule has 1 aliphatic heterocycles. The van der Waals surface area contributed by atoms with Crippen molar-refractivity contribution >= 4 is 32.3 Å². The van der Waals surface area contributed by atoms with Crippen LogP contribution in [0.2, 0.25) is 0 Å². The number of para-hydroxylation sites is 2. The van der Waals surface area contributed by atoms with Gasteiger partial charge in [0.05, 0.1) is 15.8 Å². The summed E-state index contributed by atoms with van der Waals surface area (Å²) in [4.78, 5) is 27.0. The van der Waals surface area contributed by atoms with Crippen molar-refractivity contribution in [1.29, 1.82) is 0 Å². The first-order valence-corrected chi connectivity index (χ1v) is 13.4. The average Bonchev–Trinajstić information content (AvgIpc) is 3.05. The van der Waals surface area contributed by atoms with E-state index in [2.05, 4.69) is 46.0 Å². The maximum Gasteiger partial charge on any atom is 0.330 e. The molecule has 5 rings (SSSR count). The summed E-state index contributed by atoms with van der Waals surface area (Å²) in [5, 5.41) is 0.181. The third-order valence-corrected chi connectivity index (χ3v) is 8.29. The van der Waals surface area contributed by atoms with Crippen LogP contribution >= 0.6 is 0 Å². The van der Waals surface area contributed by atoms with Gasteiger partial charge in [-0.15, -0.1) is 0 Å². The predicted molar refractivity (Wildman–Crippen MR) is 142 cm³/mol. The van der Waals surface area contributed by atoms with E-state index in [0.717, 1.165) is 28.8 Å². The van der Waals surface area contributed by atoms with Crippen molar-refractivity contribution < 1.29 is 8.42 Å². The van der Waals surface area contributed by atoms with Gasteiger partial charge in [-0.05, 0) is 60.7 Å². The zero-order valence-corrected chi connectivity index (χ0v) is 21.1. The maximum atomic E-state index is 13.0. The molecule has 0 fully saturated rings. The van der Waals surface area contributed by atoms with Gasteiger partial charge in [-0.2, -0.15) is 0 Å². The number of nitrogens with zero attached hydrogens (tertiary/aromatic N) is 3. The average molecular weight is 505 g/mol. The Hall–Kier alpha value is -3.69. The monoisotopic (exact) mass is 504 g/mol. The topological polar surface area (TPSA) is 93.4 Å². The van der Waals surface area contributed by atoms with Crippen LogP contribution in [0.15, 0.2) is 81.2 Å². The van der Waals surface area contributed by atoms with E-state index in [4.69, 9.17) is 0 Å². The zero-order valence-electron chi connectivity index (χ0n) is 20.3. The van der Waals surface area contributed by atoms with Crippen LogP contribution in [-0.4, -0.2) is 30.6 Å². The molecule has 4 aromatic rings. The first-order chi connectivity index (χ1) is 17.3. The summed E-state index contributed by atoms with van der Waals surface area (Å²) in [6, 6.07) is 20.9. The molecule has 0 unspecified atom stereocenters. The van der Waals surface area contributed by atoms with Gasteiger partial charge in [-0.3, -0.25) is 13.9 Å². The number of hydrogen-bond acceptors (Lipinski definition) is 5. The van der Waals surface area contributed by atoms with Crippen molar-refractivity contribution in [1.82, 2.24) is 13.9 Å². The number of sulfonamides is 1. The highest BCUT2D eigenvalue weighted by Crippen LogP contribution is 2.35. The SMILES string of the molecule is Cn1c(=O)c2cc(S(=O)(=O)NCCCN3c4ccccc4CCc4ccccc43)ccc2n(C)c1=O. The Balaban J connectivity index is 1.35. The Kier molecular flexibility index (Phi) is 6.27. The molecular formula is C27H28N4O4S. The summed E-state index contributed by atoms with van der Waals surface area (Å²) in [6.45, 7) is 0.892. The number of aryl methyl sites for hydroxylation is 3. The molecule has 9 heteroatoms. The quantitative estimate of drug-likeness (QED) is 0.408. The van der Waals surface area contributed by atoms with Crippen molar-refractivity contribution in [3.8, 4) is 0 Å². The Labute approximate surface area is 209 Å². The van der Waals surface area contributed by atoms with E-state index in [1.165, 1.54) is 40.9 Å². The van der Waals surface area contributed by atoms with Crippen molar-refractivity contribution in [2.45, 2.75) is 24.2 Å². The standard InChI is InChI=1S/C27H28N4O4S/c1-29-25-15-14-21(18-22(25)26(32)30(2)27(29)33)36(34,35)28-16-7-17-31-23-10-5-3-8-19(23)12-13-20-9-4-6-11-24(20)31/h3-6,8-11,14-15,18,28H,7,12-13,16-17H2,1-2H3. The Bertz CT molecular complexity index is 1640. The molecule has 1 aromatic heterocycles. The van der Waals surface area contributed by atoms with Gasteiger partial charge in [0.25, 0.3) is 5.56 Å². The number of nitrogens with one attached hydrogen (secondary N) is 1. The molecule has 0 atom stereocenters. The molecule has 1 N–H and O–H groups in total. The lowest BCUT2D eigenvalue weighted by Crippen LogP contribution is -2.37. The fourth-order valence-corrected chi connectivity index (χ4v) is 5.98. The molecule has 0 bridgehead atoms. The molecule has 0 saturated carbocycles. The third kappa shape index (κ3) is 4.25. The van der Waals surface area contributed by atoms with Gasteiger partial charge in [-0.1, -0.05) is 36.4 Å². The third-order valence-electron chi connectivity index (χ3n) is 6.83. The van der Waals surface area contributed by atoms with Crippen LogP contribution in [0.5, 0.6) is 0 Å². The van der Waals surface area contributed by atoms with Crippen LogP contribution in [0.1, 0.15) is 17.5 Å². The minimum Gasteiger partial charge on any atom is -0.341 e. The first kappa shape index (κ1) is 24.0. The van der Waals surface area contributed by atoms with Crippen LogP contribution in [-0.2, 0) is 37.0 Å². The molecule has 0 radical (unpaired) electrons. The number of benzene rings is 3. The fraction of sp³-hybridized carbons (Fsp3) is 0.259. The van der Waals surface area contributed by atoms with Gasteiger partial charge >= 0.3 is 5.69 Å². The summed E-state index contributed by atoms with van der Waals surface area (Å²) < 4.78 is 31.0. The second-order valence-corrected chi connectivity index (χ2v) is 10.8. The van der Waals surface area contributed by atoms with E-state index in [-0.39, 0.29) is 16.8 Å². The molecule has 0 spiro atoms. The predicted octanol–water partition coefficient (Wildman–Crippen LogP) is 2.84. The highest BCUT2D eigenvalue weighted by molar-refractivity contribution is 7.89. The largest absolute Gasteiger partial charge is 0.341 e. The second-order valence-electron chi connectivity index (χ2n) is 9.05. The summed E-state index contributed by atoms with van der Waals surface area (Å²) in [5.41, 5.74) is 4.27. The molecule has 2 heterocycles. The molecule has 1 aliphatic rings. The van der Waals surface area contributed by atoms with Crippen LogP contribution in [0.25, 0.3) is 10.9 Å². The van der Waals surface area contributed by atoms with Gasteiger partial charge in [0.1, 0.15) is 0 Å². The van der Waals surface area contributed by atoms with E-state index in [1.54, 1.807) is 7.05 Å². The fourth-order valence-electron chi connectivity index (χ4n) is 4.88. The second kappa shape index (κ2) is 9.40. The van der Waals surface area contributed by atoms with Crippen LogP contribution in [0, 0.1) is 0 Å². The highest BCUT2D eigenvalue weighted by Gasteiger charge is 2.21. The number of fused-ring (bicyclic) bond motifs is 3. The summed E-state index contributed by atoms with van der Waals surface area (Å²) in [7, 11) is -0.911. The first-order valence-electron chi connectivity index (χ1n) is 11.9. The Morgan fingerprint density at radius 1 is 0.833 bits per heavy atom. The van der Waals surface area contributed by atoms with E-state index in [1.807, 2.05) is 12.1 Å². The molecule has 8 nitrogen and oxygen atoms in total. The molecule has 36 heavy (non-hydrogen) atoms. The number of anilines is 2. The summed E-state index contributed by atoms with van der Waals surface area (Å²) >= 11 is 0. The van der Waals surface area contributed by atoms with Gasteiger partial charge < -0.3 is 4.90 Å². The van der Waals surface area contributed by atoms with Crippen LogP contribution < -0.4 is 20.9 Å². The molecule has 0 saturated heterocycles.